The van der Waals surface area contributed by atoms with Crippen molar-refractivity contribution in [2.75, 3.05) is 6.54 Å². The first kappa shape index (κ1) is 14.3. The van der Waals surface area contributed by atoms with Gasteiger partial charge < -0.3 is 5.32 Å². The van der Waals surface area contributed by atoms with E-state index >= 15 is 0 Å². The topological polar surface area (TPSA) is 12.0 Å². The van der Waals surface area contributed by atoms with Gasteiger partial charge in [0.25, 0.3) is 0 Å². The van der Waals surface area contributed by atoms with Gasteiger partial charge in [0.05, 0.1) is 6.04 Å². The van der Waals surface area contributed by atoms with Gasteiger partial charge in [0.1, 0.15) is 0 Å². The number of aryl methyl sites for hydroxylation is 2. The Bertz CT molecular complexity index is 563. The molecule has 0 fully saturated rings. The second-order valence-corrected chi connectivity index (χ2v) is 5.76. The summed E-state index contributed by atoms with van der Waals surface area (Å²) in [6.45, 7) is 7.45. The highest BCUT2D eigenvalue weighted by atomic mass is 79.9. The van der Waals surface area contributed by atoms with Crippen LogP contribution in [-0.2, 0) is 0 Å². The first-order valence-corrected chi connectivity index (χ1v) is 7.47. The van der Waals surface area contributed by atoms with Crippen molar-refractivity contribution in [2.45, 2.75) is 26.8 Å². The van der Waals surface area contributed by atoms with Gasteiger partial charge in [-0.05, 0) is 54.8 Å². The van der Waals surface area contributed by atoms with E-state index in [1.54, 1.807) is 0 Å². The van der Waals surface area contributed by atoms with Crippen molar-refractivity contribution in [3.05, 3.63) is 69.2 Å². The van der Waals surface area contributed by atoms with E-state index in [0.29, 0.717) is 0 Å². The van der Waals surface area contributed by atoms with Gasteiger partial charge in [0.2, 0.25) is 0 Å². The third-order valence-electron chi connectivity index (χ3n) is 3.45. The van der Waals surface area contributed by atoms with Crippen LogP contribution in [-0.4, -0.2) is 6.54 Å². The summed E-state index contributed by atoms with van der Waals surface area (Å²) in [4.78, 5) is 0. The molecular formula is C17H20BrN. The summed E-state index contributed by atoms with van der Waals surface area (Å²) in [5.74, 6) is 0. The third-order valence-corrected chi connectivity index (χ3v) is 3.94. The predicted molar refractivity (Wildman–Crippen MR) is 85.6 cm³/mol. The van der Waals surface area contributed by atoms with Crippen molar-refractivity contribution in [1.29, 1.82) is 0 Å². The first-order valence-electron chi connectivity index (χ1n) is 6.68. The Balaban J connectivity index is 2.48. The van der Waals surface area contributed by atoms with Gasteiger partial charge in [-0.25, -0.2) is 0 Å². The predicted octanol–water partition coefficient (Wildman–Crippen LogP) is 4.76. The fourth-order valence-electron chi connectivity index (χ4n) is 2.47. The van der Waals surface area contributed by atoms with E-state index in [4.69, 9.17) is 0 Å². The van der Waals surface area contributed by atoms with Crippen molar-refractivity contribution >= 4 is 15.9 Å². The van der Waals surface area contributed by atoms with Gasteiger partial charge in [-0.1, -0.05) is 53.2 Å². The van der Waals surface area contributed by atoms with Gasteiger partial charge >= 0.3 is 0 Å². The molecule has 0 saturated heterocycles. The highest BCUT2D eigenvalue weighted by molar-refractivity contribution is 9.10. The third kappa shape index (κ3) is 3.26. The maximum atomic E-state index is 3.60. The quantitative estimate of drug-likeness (QED) is 0.856. The molecule has 19 heavy (non-hydrogen) atoms. The SMILES string of the molecule is CCNC(c1ccccc1C)c1ccc(Br)cc1C. The Morgan fingerprint density at radius 2 is 1.68 bits per heavy atom. The van der Waals surface area contributed by atoms with E-state index in [-0.39, 0.29) is 6.04 Å². The summed E-state index contributed by atoms with van der Waals surface area (Å²) in [7, 11) is 0. The second kappa shape index (κ2) is 6.36. The van der Waals surface area contributed by atoms with Crippen LogP contribution in [0.1, 0.15) is 35.2 Å². The van der Waals surface area contributed by atoms with Crippen molar-refractivity contribution in [2.24, 2.45) is 0 Å². The highest BCUT2D eigenvalue weighted by Crippen LogP contribution is 2.28. The fraction of sp³-hybridized carbons (Fsp3) is 0.294. The molecule has 0 aliphatic rings. The van der Waals surface area contributed by atoms with Crippen LogP contribution in [0.4, 0.5) is 0 Å². The minimum absolute atomic E-state index is 0.263. The summed E-state index contributed by atoms with van der Waals surface area (Å²) in [5.41, 5.74) is 5.34. The van der Waals surface area contributed by atoms with E-state index in [0.717, 1.165) is 11.0 Å². The van der Waals surface area contributed by atoms with E-state index in [2.05, 4.69) is 84.5 Å². The molecule has 1 atom stereocenters. The average molecular weight is 318 g/mol. The van der Waals surface area contributed by atoms with Crippen LogP contribution in [0.2, 0.25) is 0 Å². The zero-order chi connectivity index (χ0) is 13.8. The van der Waals surface area contributed by atoms with Crippen molar-refractivity contribution < 1.29 is 0 Å². The van der Waals surface area contributed by atoms with Gasteiger partial charge in [-0.2, -0.15) is 0 Å². The molecule has 0 aromatic heterocycles. The Kier molecular flexibility index (Phi) is 4.78. The van der Waals surface area contributed by atoms with Crippen molar-refractivity contribution in [3.63, 3.8) is 0 Å². The van der Waals surface area contributed by atoms with Crippen molar-refractivity contribution in [1.82, 2.24) is 5.32 Å². The molecule has 0 bridgehead atoms. The minimum Gasteiger partial charge on any atom is -0.307 e. The lowest BCUT2D eigenvalue weighted by Gasteiger charge is -2.22. The Labute approximate surface area is 124 Å². The van der Waals surface area contributed by atoms with E-state index in [1.165, 1.54) is 22.3 Å². The second-order valence-electron chi connectivity index (χ2n) is 4.85. The van der Waals surface area contributed by atoms with Crippen LogP contribution in [0.25, 0.3) is 0 Å². The Hall–Kier alpha value is -1.12. The number of rotatable bonds is 4. The number of halogens is 1. The summed E-state index contributed by atoms with van der Waals surface area (Å²) in [5, 5.41) is 3.60. The number of hydrogen-bond donors (Lipinski definition) is 1. The summed E-state index contributed by atoms with van der Waals surface area (Å²) < 4.78 is 1.13. The van der Waals surface area contributed by atoms with Gasteiger partial charge in [-0.3, -0.25) is 0 Å². The molecule has 2 rings (SSSR count). The molecule has 0 saturated carbocycles. The minimum atomic E-state index is 0.263. The number of nitrogens with one attached hydrogen (secondary N) is 1. The van der Waals surface area contributed by atoms with E-state index in [9.17, 15) is 0 Å². The summed E-state index contributed by atoms with van der Waals surface area (Å²) >= 11 is 3.53. The normalized spacial score (nSPS) is 12.4. The summed E-state index contributed by atoms with van der Waals surface area (Å²) in [6.07, 6.45) is 0. The van der Waals surface area contributed by atoms with Crippen LogP contribution in [0.3, 0.4) is 0 Å². The highest BCUT2D eigenvalue weighted by Gasteiger charge is 2.16. The molecule has 2 aromatic rings. The molecule has 2 heteroatoms. The average Bonchev–Trinajstić information content (AvgIpc) is 2.38. The standard InChI is InChI=1S/C17H20BrN/c1-4-19-17(15-8-6-5-7-12(15)2)16-10-9-14(18)11-13(16)3/h5-11,17,19H,4H2,1-3H3. The molecule has 0 spiro atoms. The monoisotopic (exact) mass is 317 g/mol. The summed E-state index contributed by atoms with van der Waals surface area (Å²) in [6, 6.07) is 15.4. The fourth-order valence-corrected chi connectivity index (χ4v) is 2.94. The molecule has 0 aliphatic carbocycles. The lowest BCUT2D eigenvalue weighted by molar-refractivity contribution is 0.625. The zero-order valence-corrected chi connectivity index (χ0v) is 13.3. The maximum absolute atomic E-state index is 3.60. The maximum Gasteiger partial charge on any atom is 0.0581 e. The molecule has 0 aliphatic heterocycles. The molecule has 1 N–H and O–H groups in total. The Morgan fingerprint density at radius 1 is 1.00 bits per heavy atom. The zero-order valence-electron chi connectivity index (χ0n) is 11.7. The van der Waals surface area contributed by atoms with Crippen molar-refractivity contribution in [3.8, 4) is 0 Å². The molecule has 100 valence electrons. The molecule has 0 radical (unpaired) electrons. The van der Waals surface area contributed by atoms with Crippen LogP contribution >= 0.6 is 15.9 Å². The lowest BCUT2D eigenvalue weighted by atomic mass is 9.92. The van der Waals surface area contributed by atoms with Crippen LogP contribution in [0, 0.1) is 13.8 Å². The van der Waals surface area contributed by atoms with Gasteiger partial charge in [0, 0.05) is 4.47 Å². The van der Waals surface area contributed by atoms with Gasteiger partial charge in [-0.15, -0.1) is 0 Å². The van der Waals surface area contributed by atoms with E-state index < -0.39 is 0 Å². The molecular weight excluding hydrogens is 298 g/mol. The van der Waals surface area contributed by atoms with Crippen LogP contribution in [0.5, 0.6) is 0 Å². The van der Waals surface area contributed by atoms with Gasteiger partial charge in [0.15, 0.2) is 0 Å². The first-order chi connectivity index (χ1) is 9.13. The largest absolute Gasteiger partial charge is 0.307 e. The van der Waals surface area contributed by atoms with Crippen LogP contribution in [0.15, 0.2) is 46.9 Å². The lowest BCUT2D eigenvalue weighted by Crippen LogP contribution is -2.23. The number of hydrogen-bond acceptors (Lipinski definition) is 1. The van der Waals surface area contributed by atoms with E-state index in [1.807, 2.05) is 0 Å². The van der Waals surface area contributed by atoms with Crippen LogP contribution < -0.4 is 5.32 Å². The molecule has 2 aromatic carbocycles. The molecule has 1 nitrogen and oxygen atoms in total. The molecule has 0 heterocycles. The smallest absolute Gasteiger partial charge is 0.0581 e. The molecule has 0 amide bonds. The Morgan fingerprint density at radius 3 is 2.32 bits per heavy atom. The number of benzene rings is 2. The molecule has 1 unspecified atom stereocenters.